The third kappa shape index (κ3) is 6.14. The Hall–Kier alpha value is -3.72. The number of hydrogen-bond donors (Lipinski definition) is 1. The van der Waals surface area contributed by atoms with Crippen LogP contribution in [-0.2, 0) is 16.1 Å². The lowest BCUT2D eigenvalue weighted by atomic mass is 10.2. The molecule has 10 heteroatoms. The van der Waals surface area contributed by atoms with E-state index in [9.17, 15) is 9.59 Å². The zero-order chi connectivity index (χ0) is 22.9. The van der Waals surface area contributed by atoms with Gasteiger partial charge < -0.3 is 24.3 Å². The van der Waals surface area contributed by atoms with Crippen LogP contribution in [0.1, 0.15) is 10.4 Å². The monoisotopic (exact) mass is 459 g/mol. The summed E-state index contributed by atoms with van der Waals surface area (Å²) >= 11 is 5.97. The summed E-state index contributed by atoms with van der Waals surface area (Å²) in [5.74, 6) is 0.131. The molecule has 0 bridgehead atoms. The first kappa shape index (κ1) is 23.0. The minimum absolute atomic E-state index is 0.175. The maximum absolute atomic E-state index is 12.3. The van der Waals surface area contributed by atoms with Crippen molar-refractivity contribution in [3.05, 3.63) is 65.4 Å². The number of nitrogens with one attached hydrogen (secondary N) is 1. The molecule has 1 heterocycles. The van der Waals surface area contributed by atoms with E-state index in [0.717, 1.165) is 0 Å². The van der Waals surface area contributed by atoms with Gasteiger partial charge in [-0.05, 0) is 42.5 Å². The van der Waals surface area contributed by atoms with E-state index in [1.165, 1.54) is 32.4 Å². The zero-order valence-corrected chi connectivity index (χ0v) is 18.3. The summed E-state index contributed by atoms with van der Waals surface area (Å²) in [5.41, 5.74) is 0.719. The number of carbonyl (C=O) groups is 2. The fraction of sp³-hybridized carbons (Fsp3) is 0.227. The van der Waals surface area contributed by atoms with Crippen molar-refractivity contribution in [2.75, 3.05) is 32.8 Å². The van der Waals surface area contributed by atoms with E-state index in [1.807, 2.05) is 0 Å². The lowest BCUT2D eigenvalue weighted by Gasteiger charge is -2.13. The fourth-order valence-electron chi connectivity index (χ4n) is 2.77. The van der Waals surface area contributed by atoms with Gasteiger partial charge in [-0.3, -0.25) is 9.48 Å². The number of halogens is 1. The van der Waals surface area contributed by atoms with Gasteiger partial charge in [-0.25, -0.2) is 4.79 Å². The van der Waals surface area contributed by atoms with Crippen molar-refractivity contribution in [1.29, 1.82) is 0 Å². The second-order valence-electron chi connectivity index (χ2n) is 6.45. The molecule has 0 fully saturated rings. The molecule has 0 aliphatic rings. The number of anilines is 1. The quantitative estimate of drug-likeness (QED) is 0.463. The molecule has 3 aromatic rings. The first-order chi connectivity index (χ1) is 15.5. The number of methoxy groups -OCH3 is 2. The van der Waals surface area contributed by atoms with Crippen LogP contribution in [0, 0.1) is 0 Å². The Balaban J connectivity index is 1.56. The Labute approximate surface area is 189 Å². The minimum atomic E-state index is -0.507. The summed E-state index contributed by atoms with van der Waals surface area (Å²) in [5, 5.41) is 7.18. The van der Waals surface area contributed by atoms with Gasteiger partial charge in [0, 0.05) is 17.4 Å². The van der Waals surface area contributed by atoms with Crippen molar-refractivity contribution in [2.45, 2.75) is 6.54 Å². The lowest BCUT2D eigenvalue weighted by Crippen LogP contribution is -2.20. The van der Waals surface area contributed by atoms with Gasteiger partial charge in [0.25, 0.3) is 5.91 Å². The number of esters is 1. The van der Waals surface area contributed by atoms with Crippen molar-refractivity contribution < 1.29 is 28.5 Å². The highest BCUT2D eigenvalue weighted by atomic mass is 35.5. The van der Waals surface area contributed by atoms with Gasteiger partial charge in [-0.2, -0.15) is 5.10 Å². The highest BCUT2D eigenvalue weighted by molar-refractivity contribution is 6.31. The Bertz CT molecular complexity index is 1070. The molecular formula is C22H22ClN3O6. The molecule has 32 heavy (non-hydrogen) atoms. The highest BCUT2D eigenvalue weighted by Gasteiger charge is 2.14. The van der Waals surface area contributed by atoms with Crippen LogP contribution < -0.4 is 19.5 Å². The number of carbonyl (C=O) groups excluding carboxylic acids is 2. The fourth-order valence-corrected chi connectivity index (χ4v) is 2.94. The molecule has 1 amide bonds. The summed E-state index contributed by atoms with van der Waals surface area (Å²) in [7, 11) is 2.93. The van der Waals surface area contributed by atoms with Crippen molar-refractivity contribution >= 4 is 29.2 Å². The van der Waals surface area contributed by atoms with Gasteiger partial charge in [-0.1, -0.05) is 11.6 Å². The summed E-state index contributed by atoms with van der Waals surface area (Å²) in [6.45, 7) is 0.331. The normalized spacial score (nSPS) is 10.3. The second-order valence-corrected chi connectivity index (χ2v) is 6.89. The third-order valence-electron chi connectivity index (χ3n) is 4.31. The maximum atomic E-state index is 12.3. The first-order valence-corrected chi connectivity index (χ1v) is 9.96. The Morgan fingerprint density at radius 3 is 2.56 bits per heavy atom. The van der Waals surface area contributed by atoms with Gasteiger partial charge in [0.2, 0.25) is 0 Å². The van der Waals surface area contributed by atoms with Gasteiger partial charge in [0.1, 0.15) is 12.4 Å². The van der Waals surface area contributed by atoms with Gasteiger partial charge in [0.15, 0.2) is 18.1 Å². The van der Waals surface area contributed by atoms with Crippen LogP contribution in [0.2, 0.25) is 5.02 Å². The van der Waals surface area contributed by atoms with Gasteiger partial charge >= 0.3 is 5.97 Å². The zero-order valence-electron chi connectivity index (χ0n) is 17.5. The topological polar surface area (TPSA) is 101 Å². The van der Waals surface area contributed by atoms with Crippen LogP contribution >= 0.6 is 11.6 Å². The molecule has 0 atom stereocenters. The molecule has 0 saturated heterocycles. The van der Waals surface area contributed by atoms with E-state index >= 15 is 0 Å². The summed E-state index contributed by atoms with van der Waals surface area (Å²) in [6, 6.07) is 11.2. The van der Waals surface area contributed by atoms with E-state index in [2.05, 4.69) is 10.4 Å². The van der Waals surface area contributed by atoms with Crippen molar-refractivity contribution in [2.24, 2.45) is 0 Å². The molecule has 9 nitrogen and oxygen atoms in total. The molecule has 0 spiro atoms. The Kier molecular flexibility index (Phi) is 7.93. The number of ether oxygens (including phenoxy) is 4. The van der Waals surface area contributed by atoms with Gasteiger partial charge in [0.05, 0.1) is 32.0 Å². The molecule has 0 saturated carbocycles. The average molecular weight is 460 g/mol. The third-order valence-corrected chi connectivity index (χ3v) is 4.54. The maximum Gasteiger partial charge on any atom is 0.338 e. The molecular weight excluding hydrogens is 438 g/mol. The van der Waals surface area contributed by atoms with Crippen molar-refractivity contribution in [1.82, 2.24) is 9.78 Å². The standard InChI is InChI=1S/C22H22ClN3O6/c1-29-18-7-5-16(23)13-17(18)25-21(27)14-32-19-6-4-15(12-20(19)30-2)22(28)31-11-10-26-9-3-8-24-26/h3-9,12-13H,10-11,14H2,1-2H3,(H,25,27). The minimum Gasteiger partial charge on any atom is -0.495 e. The van der Waals surface area contributed by atoms with E-state index in [0.29, 0.717) is 40.1 Å². The number of hydrogen-bond acceptors (Lipinski definition) is 7. The summed E-state index contributed by atoms with van der Waals surface area (Å²) < 4.78 is 23.0. The molecule has 1 N–H and O–H groups in total. The SMILES string of the molecule is COc1ccc(Cl)cc1NC(=O)COc1ccc(C(=O)OCCn2cccn2)cc1OC. The van der Waals surface area contributed by atoms with Crippen LogP contribution in [-0.4, -0.2) is 49.1 Å². The molecule has 168 valence electrons. The highest BCUT2D eigenvalue weighted by Crippen LogP contribution is 2.29. The van der Waals surface area contributed by atoms with E-state index in [-0.39, 0.29) is 13.2 Å². The first-order valence-electron chi connectivity index (χ1n) is 9.59. The number of aromatic nitrogens is 2. The van der Waals surface area contributed by atoms with Crippen LogP contribution in [0.15, 0.2) is 54.9 Å². The molecule has 0 radical (unpaired) electrons. The molecule has 1 aromatic heterocycles. The Morgan fingerprint density at radius 2 is 1.84 bits per heavy atom. The molecule has 0 aliphatic heterocycles. The molecule has 0 aliphatic carbocycles. The van der Waals surface area contributed by atoms with Crippen molar-refractivity contribution in [3.8, 4) is 17.2 Å². The largest absolute Gasteiger partial charge is 0.495 e. The van der Waals surface area contributed by atoms with Crippen LogP contribution in [0.25, 0.3) is 0 Å². The van der Waals surface area contributed by atoms with E-state index < -0.39 is 11.9 Å². The predicted molar refractivity (Wildman–Crippen MR) is 118 cm³/mol. The molecule has 3 rings (SSSR count). The second kappa shape index (κ2) is 11.1. The van der Waals surface area contributed by atoms with Crippen molar-refractivity contribution in [3.63, 3.8) is 0 Å². The number of amides is 1. The van der Waals surface area contributed by atoms with Crippen LogP contribution in [0.3, 0.4) is 0 Å². The number of rotatable bonds is 10. The smallest absolute Gasteiger partial charge is 0.338 e. The average Bonchev–Trinajstić information content (AvgIpc) is 3.31. The van der Waals surface area contributed by atoms with E-state index in [1.54, 1.807) is 41.3 Å². The lowest BCUT2D eigenvalue weighted by molar-refractivity contribution is -0.118. The Morgan fingerprint density at radius 1 is 1.06 bits per heavy atom. The molecule has 2 aromatic carbocycles. The van der Waals surface area contributed by atoms with Gasteiger partial charge in [-0.15, -0.1) is 0 Å². The predicted octanol–water partition coefficient (Wildman–Crippen LogP) is 3.43. The van der Waals surface area contributed by atoms with Crippen LogP contribution in [0.5, 0.6) is 17.2 Å². The number of nitrogens with zero attached hydrogens (tertiary/aromatic N) is 2. The molecule has 0 unspecified atom stereocenters. The summed E-state index contributed by atoms with van der Waals surface area (Å²) in [6.07, 6.45) is 3.43. The number of benzene rings is 2. The van der Waals surface area contributed by atoms with Crippen LogP contribution in [0.4, 0.5) is 5.69 Å². The van der Waals surface area contributed by atoms with E-state index in [4.69, 9.17) is 30.5 Å². The summed E-state index contributed by atoms with van der Waals surface area (Å²) in [4.78, 5) is 24.6.